The third-order valence-electron chi connectivity index (χ3n) is 25.0. The first kappa shape index (κ1) is 53.9. The Morgan fingerprint density at radius 2 is 0.349 bits per heavy atom. The molecule has 3 heteroatoms. The van der Waals surface area contributed by atoms with Gasteiger partial charge in [0.1, 0.15) is 33.5 Å². The van der Waals surface area contributed by atoms with Crippen molar-refractivity contribution in [3.63, 3.8) is 0 Å². The third kappa shape index (κ3) is 12.3. The van der Waals surface area contributed by atoms with E-state index in [0.29, 0.717) is 116 Å². The van der Waals surface area contributed by atoms with E-state index in [1.54, 1.807) is 18.2 Å². The van der Waals surface area contributed by atoms with E-state index in [2.05, 4.69) is 24.3 Å². The Morgan fingerprint density at radius 1 is 0.132 bits per heavy atom. The van der Waals surface area contributed by atoms with Crippen LogP contribution in [0.1, 0.15) is 32.9 Å². The van der Waals surface area contributed by atoms with Crippen molar-refractivity contribution < 1.29 is 46.1 Å². The maximum Gasteiger partial charge on any atom is 0.136 e. The fourth-order valence-electron chi connectivity index (χ4n) is 19.6. The molecule has 600 valence electrons. The fourth-order valence-corrected chi connectivity index (χ4v) is 19.6. The molecule has 0 atom stereocenters. The van der Waals surface area contributed by atoms with Crippen LogP contribution in [0.15, 0.2) is 486 Å². The summed E-state index contributed by atoms with van der Waals surface area (Å²) in [4.78, 5) is 0. The van der Waals surface area contributed by atoms with Gasteiger partial charge in [-0.05, 0) is 233 Å². The molecule has 3 heterocycles. The number of hydrogen-bond donors (Lipinski definition) is 0. The second kappa shape index (κ2) is 31.1. The van der Waals surface area contributed by atoms with Crippen LogP contribution in [0.2, 0.25) is 0 Å². The van der Waals surface area contributed by atoms with Gasteiger partial charge < -0.3 is 13.3 Å². The fraction of sp³-hybridized carbons (Fsp3) is 0. The SMILES string of the molecule is [2H]c1c([2H])c([2H])c2c(-c3cccc4oc5ccccc5c34)c3c([2H])c([2H])c([2H])c([2H])c3c(-c3ccc(-c4cccc5ccccc45)c4ccccc34)c2c1[2H].[2H]c1c([2H])c([2H])c2c(-c3cccc4oc5ccccc5c34)c3c([2H])c([2H])c([2H])c([2H])c3c(-c3ccc(-c4ccccc4)c4ccccc34)c2c1[2H].[2H]c1c([2H])c([2H])c2c(-c3cccc4oc5ccccc5c34)c3c([2H])c([2H])c([2H])c([2H])c3c(-c3ccccc3-c3ccccc3)c2c1[2H]. The molecule has 24 aromatic carbocycles. The zero-order chi connectivity index (χ0) is 106. The average Bonchev–Trinajstić information content (AvgIpc) is 1.57. The molecule has 0 saturated heterocycles. The number of fused-ring (bicyclic) bond motifs is 18. The molecule has 0 amide bonds. The van der Waals surface area contributed by atoms with Gasteiger partial charge in [-0.15, -0.1) is 0 Å². The average molecular weight is 1660 g/mol. The number of hydrogen-bond acceptors (Lipinski definition) is 3. The summed E-state index contributed by atoms with van der Waals surface area (Å²) in [5.74, 6) is 0. The highest BCUT2D eigenvalue weighted by atomic mass is 16.3. The molecule has 0 aliphatic heterocycles. The molecular weight excluding hydrogens is 1560 g/mol. The summed E-state index contributed by atoms with van der Waals surface area (Å²) in [7, 11) is 0. The van der Waals surface area contributed by atoms with E-state index in [1.807, 2.05) is 285 Å². The summed E-state index contributed by atoms with van der Waals surface area (Å²) >= 11 is 0. The van der Waals surface area contributed by atoms with E-state index in [4.69, 9.17) is 29.7 Å². The molecule has 129 heavy (non-hydrogen) atoms. The topological polar surface area (TPSA) is 39.4 Å². The molecule has 0 aliphatic carbocycles. The summed E-state index contributed by atoms with van der Waals surface area (Å²) in [6.07, 6.45) is 0. The minimum Gasteiger partial charge on any atom is -0.456 e. The first-order valence-corrected chi connectivity index (χ1v) is 42.4. The Balaban J connectivity index is 0.000000119. The van der Waals surface area contributed by atoms with Gasteiger partial charge in [0.15, 0.2) is 0 Å². The Bertz CT molecular complexity index is 10500. The Morgan fingerprint density at radius 3 is 0.721 bits per heavy atom. The minimum atomic E-state index is -0.440. The largest absolute Gasteiger partial charge is 0.456 e. The van der Waals surface area contributed by atoms with E-state index >= 15 is 0 Å². The van der Waals surface area contributed by atoms with Gasteiger partial charge >= 0.3 is 0 Å². The van der Waals surface area contributed by atoms with Gasteiger partial charge in [0, 0.05) is 32.3 Å². The molecule has 27 aromatic rings. The molecule has 0 fully saturated rings. The standard InChI is InChI=1S/C46H28O.C42H26O.C38H24O/c1-2-15-30-29(13-1)14-11-23-31(30)34-27-28-39(33-17-4-3-16-32(33)34)44-35-18-5-7-20-37(35)45(38-21-8-6-19-36(38)44)41-24-12-26-43-46(41)40-22-9-10-25-42(40)47-43;1-2-13-27(14-3-1)28-25-26-35(30-16-5-4-15-29(28)30)40-31-17-6-8-19-33(31)41(34-20-9-7-18-32(34)40)37-22-12-24-39-42(37)36-21-10-11-23-38(36)43-39;1-2-13-25(14-3-1)26-15-4-5-16-27(26)36-28-17-6-8-19-30(28)37(31-20-9-7-18-29(31)36)33-22-12-24-35-38(33)32-21-10-11-23-34(32)39-35/h1-28H;1-26H;1-24H/i5D,6D,7D,8D,18D,19D,20D,21D;2*6D,7D,8D,9D,17D,18D,19D,20D. The van der Waals surface area contributed by atoms with Crippen LogP contribution < -0.4 is 0 Å². The number of para-hydroxylation sites is 3. The van der Waals surface area contributed by atoms with Crippen molar-refractivity contribution in [2.24, 2.45) is 0 Å². The lowest BCUT2D eigenvalue weighted by molar-refractivity contribution is 0.668. The highest BCUT2D eigenvalue weighted by Gasteiger charge is 2.27. The summed E-state index contributed by atoms with van der Waals surface area (Å²) in [6, 6.07) is 94.7. The van der Waals surface area contributed by atoms with Crippen LogP contribution in [0.3, 0.4) is 0 Å². The molecule has 0 saturated carbocycles. The lowest BCUT2D eigenvalue weighted by Gasteiger charge is -2.20. The van der Waals surface area contributed by atoms with Crippen molar-refractivity contribution >= 4 is 163 Å². The molecule has 27 rings (SSSR count). The summed E-state index contributed by atoms with van der Waals surface area (Å²) < 4.78 is 238. The first-order chi connectivity index (χ1) is 74.1. The van der Waals surface area contributed by atoms with Crippen LogP contribution in [-0.4, -0.2) is 0 Å². The van der Waals surface area contributed by atoms with Crippen molar-refractivity contribution in [2.45, 2.75) is 0 Å². The molecule has 3 nitrogen and oxygen atoms in total. The van der Waals surface area contributed by atoms with Gasteiger partial charge in [0.2, 0.25) is 0 Å². The van der Waals surface area contributed by atoms with Crippen molar-refractivity contribution in [3.05, 3.63) is 473 Å². The molecule has 0 bridgehead atoms. The predicted molar refractivity (Wildman–Crippen MR) is 548 cm³/mol. The van der Waals surface area contributed by atoms with Crippen molar-refractivity contribution in [1.82, 2.24) is 0 Å². The number of furan rings is 3. The molecule has 0 spiro atoms. The van der Waals surface area contributed by atoms with Gasteiger partial charge in [-0.3, -0.25) is 0 Å². The quantitative estimate of drug-likeness (QED) is 0.135. The minimum absolute atomic E-state index is 0.165. The highest BCUT2D eigenvalue weighted by Crippen LogP contribution is 2.54. The van der Waals surface area contributed by atoms with E-state index in [9.17, 15) is 16.4 Å². The lowest BCUT2D eigenvalue weighted by Crippen LogP contribution is -1.93. The van der Waals surface area contributed by atoms with Crippen LogP contribution in [0.25, 0.3) is 263 Å². The number of benzene rings is 24. The first-order valence-electron chi connectivity index (χ1n) is 54.4. The van der Waals surface area contributed by atoms with E-state index in [0.717, 1.165) is 81.9 Å². The summed E-state index contributed by atoms with van der Waals surface area (Å²) in [5, 5.41) is 11.9. The van der Waals surface area contributed by atoms with Crippen molar-refractivity contribution in [1.29, 1.82) is 0 Å². The maximum absolute atomic E-state index is 9.51. The lowest BCUT2D eigenvalue weighted by atomic mass is 9.83. The van der Waals surface area contributed by atoms with E-state index < -0.39 is 72.5 Å². The van der Waals surface area contributed by atoms with E-state index in [-0.39, 0.29) is 137 Å². The van der Waals surface area contributed by atoms with Crippen molar-refractivity contribution in [3.8, 4) is 100 Å². The zero-order valence-electron chi connectivity index (χ0n) is 92.4. The van der Waals surface area contributed by atoms with Crippen LogP contribution in [0.4, 0.5) is 0 Å². The number of rotatable bonds is 9. The smallest absolute Gasteiger partial charge is 0.136 e. The Labute approximate surface area is 777 Å². The van der Waals surface area contributed by atoms with Gasteiger partial charge in [0.05, 0.1) is 32.9 Å². The van der Waals surface area contributed by atoms with Crippen molar-refractivity contribution in [2.75, 3.05) is 0 Å². The zero-order valence-corrected chi connectivity index (χ0v) is 68.4. The highest BCUT2D eigenvalue weighted by molar-refractivity contribution is 6.31. The third-order valence-corrected chi connectivity index (χ3v) is 25.0. The summed E-state index contributed by atoms with van der Waals surface area (Å²) in [5.41, 5.74) is 14.3. The molecule has 0 aliphatic rings. The second-order valence-electron chi connectivity index (χ2n) is 31.8. The van der Waals surface area contributed by atoms with E-state index in [1.165, 1.54) is 0 Å². The summed E-state index contributed by atoms with van der Waals surface area (Å²) in [6.45, 7) is 0. The Hall–Kier alpha value is -17.0. The molecule has 0 unspecified atom stereocenters. The van der Waals surface area contributed by atoms with Gasteiger partial charge in [-0.2, -0.15) is 0 Å². The normalized spacial score (nSPS) is 14.3. The maximum atomic E-state index is 9.51. The van der Waals surface area contributed by atoms with Crippen LogP contribution >= 0.6 is 0 Å². The van der Waals surface area contributed by atoms with Gasteiger partial charge in [0.25, 0.3) is 0 Å². The molecule has 3 aromatic heterocycles. The molecule has 0 radical (unpaired) electrons. The Kier molecular flexibility index (Phi) is 13.0. The van der Waals surface area contributed by atoms with Crippen LogP contribution in [-0.2, 0) is 0 Å². The molecule has 0 N–H and O–H groups in total. The van der Waals surface area contributed by atoms with Crippen LogP contribution in [0.5, 0.6) is 0 Å². The van der Waals surface area contributed by atoms with Gasteiger partial charge in [-0.25, -0.2) is 0 Å². The monoisotopic (exact) mass is 1660 g/mol. The van der Waals surface area contributed by atoms with Gasteiger partial charge in [-0.1, -0.05) is 436 Å². The predicted octanol–water partition coefficient (Wildman–Crippen LogP) is 36.1. The van der Waals surface area contributed by atoms with Crippen LogP contribution in [0, 0.1) is 0 Å². The molecular formula is C126H78O3. The second-order valence-corrected chi connectivity index (χ2v) is 31.8.